The minimum absolute atomic E-state index is 0.123. The van der Waals surface area contributed by atoms with Crippen molar-refractivity contribution < 1.29 is 17.9 Å². The van der Waals surface area contributed by atoms with Gasteiger partial charge < -0.3 is 14.2 Å². The average molecular weight is 406 g/mol. The number of aryl methyl sites for hydroxylation is 3. The third kappa shape index (κ3) is 3.93. The number of anilines is 1. The number of carbonyl (C=O) groups is 1. The van der Waals surface area contributed by atoms with Crippen molar-refractivity contribution in [1.82, 2.24) is 8.87 Å². The predicted molar refractivity (Wildman–Crippen MR) is 108 cm³/mol. The first kappa shape index (κ1) is 20.4. The van der Waals surface area contributed by atoms with E-state index in [1.54, 1.807) is 14.0 Å². The maximum absolute atomic E-state index is 13.0. The summed E-state index contributed by atoms with van der Waals surface area (Å²) in [6.45, 7) is 8.14. The Morgan fingerprint density at radius 1 is 1.11 bits per heavy atom. The van der Waals surface area contributed by atoms with Gasteiger partial charge in [0.1, 0.15) is 10.6 Å². The molecule has 0 bridgehead atoms. The Morgan fingerprint density at radius 3 is 2.43 bits per heavy atom. The Hall–Kier alpha value is -2.32. The first-order chi connectivity index (χ1) is 13.2. The summed E-state index contributed by atoms with van der Waals surface area (Å²) in [5, 5.41) is 0. The third-order valence-electron chi connectivity index (χ3n) is 5.05. The number of hydrogen-bond donors (Lipinski definition) is 0. The van der Waals surface area contributed by atoms with Gasteiger partial charge >= 0.3 is 5.97 Å². The van der Waals surface area contributed by atoms with Crippen LogP contribution in [-0.2, 0) is 21.8 Å². The van der Waals surface area contributed by atoms with E-state index in [2.05, 4.69) is 36.9 Å². The number of rotatable bonds is 5. The fourth-order valence-electron chi connectivity index (χ4n) is 3.46. The Kier molecular flexibility index (Phi) is 5.81. The van der Waals surface area contributed by atoms with Crippen molar-refractivity contribution in [3.63, 3.8) is 0 Å². The fraction of sp³-hybridized carbons (Fsp3) is 0.450. The number of benzene rings is 1. The summed E-state index contributed by atoms with van der Waals surface area (Å²) in [4.78, 5) is 14.3. The minimum atomic E-state index is -3.66. The van der Waals surface area contributed by atoms with Crippen LogP contribution in [0.3, 0.4) is 0 Å². The van der Waals surface area contributed by atoms with Gasteiger partial charge in [-0.05, 0) is 44.0 Å². The average Bonchev–Trinajstić information content (AvgIpc) is 3.07. The van der Waals surface area contributed by atoms with Crippen LogP contribution in [0.5, 0.6) is 0 Å². The second-order valence-corrected chi connectivity index (χ2v) is 9.01. The lowest BCUT2D eigenvalue weighted by atomic mass is 10.1. The van der Waals surface area contributed by atoms with Crippen LogP contribution >= 0.6 is 0 Å². The molecule has 0 aliphatic carbocycles. The first-order valence-electron chi connectivity index (χ1n) is 9.40. The van der Waals surface area contributed by atoms with E-state index < -0.39 is 16.0 Å². The van der Waals surface area contributed by atoms with Crippen LogP contribution in [0.25, 0.3) is 0 Å². The summed E-state index contributed by atoms with van der Waals surface area (Å²) >= 11 is 0. The van der Waals surface area contributed by atoms with E-state index in [0.29, 0.717) is 26.2 Å². The topological polar surface area (TPSA) is 71.8 Å². The molecule has 28 heavy (non-hydrogen) atoms. The lowest BCUT2D eigenvalue weighted by Gasteiger charge is -2.36. The van der Waals surface area contributed by atoms with Gasteiger partial charge in [-0.2, -0.15) is 4.31 Å². The molecule has 0 atom stereocenters. The van der Waals surface area contributed by atoms with Crippen LogP contribution < -0.4 is 4.90 Å². The van der Waals surface area contributed by atoms with Gasteiger partial charge in [0.05, 0.1) is 6.61 Å². The highest BCUT2D eigenvalue weighted by molar-refractivity contribution is 7.89. The molecule has 0 N–H and O–H groups in total. The van der Waals surface area contributed by atoms with E-state index in [1.807, 2.05) is 0 Å². The number of hydrogen-bond acceptors (Lipinski definition) is 5. The van der Waals surface area contributed by atoms with Gasteiger partial charge in [0.15, 0.2) is 0 Å². The number of carbonyl (C=O) groups excluding carboxylic acids is 1. The standard InChI is InChI=1S/C20H27N3O4S/c1-5-27-20(24)19-13-17(14-21(19)4)28(25,26)23-10-8-22(9-11-23)18-12-15(2)6-7-16(18)3/h6-7,12-14H,5,8-11H2,1-4H3. The van der Waals surface area contributed by atoms with E-state index in [0.717, 1.165) is 5.69 Å². The molecule has 0 spiro atoms. The van der Waals surface area contributed by atoms with Crippen molar-refractivity contribution >= 4 is 21.7 Å². The second kappa shape index (κ2) is 7.97. The maximum atomic E-state index is 13.0. The van der Waals surface area contributed by atoms with E-state index in [-0.39, 0.29) is 17.2 Å². The van der Waals surface area contributed by atoms with Crippen molar-refractivity contribution in [3.05, 3.63) is 47.3 Å². The van der Waals surface area contributed by atoms with E-state index in [9.17, 15) is 13.2 Å². The summed E-state index contributed by atoms with van der Waals surface area (Å²) in [6, 6.07) is 7.71. The molecule has 1 fully saturated rings. The molecule has 1 aliphatic rings. The van der Waals surface area contributed by atoms with Gasteiger partial charge in [-0.25, -0.2) is 13.2 Å². The fourth-order valence-corrected chi connectivity index (χ4v) is 4.96. The van der Waals surface area contributed by atoms with Gasteiger partial charge in [0.25, 0.3) is 0 Å². The molecule has 1 aliphatic heterocycles. The highest BCUT2D eigenvalue weighted by Gasteiger charge is 2.31. The smallest absolute Gasteiger partial charge is 0.354 e. The van der Waals surface area contributed by atoms with Crippen LogP contribution in [0.4, 0.5) is 5.69 Å². The number of sulfonamides is 1. The van der Waals surface area contributed by atoms with Crippen molar-refractivity contribution in [1.29, 1.82) is 0 Å². The molecule has 1 aromatic carbocycles. The van der Waals surface area contributed by atoms with E-state index in [1.165, 1.54) is 32.3 Å². The molecular weight excluding hydrogens is 378 g/mol. The summed E-state index contributed by atoms with van der Waals surface area (Å²) in [6.07, 6.45) is 1.47. The summed E-state index contributed by atoms with van der Waals surface area (Å²) < 4.78 is 34.1. The van der Waals surface area contributed by atoms with Crippen LogP contribution in [0.2, 0.25) is 0 Å². The molecule has 1 saturated heterocycles. The summed E-state index contributed by atoms with van der Waals surface area (Å²) in [5.74, 6) is -0.522. The molecule has 0 radical (unpaired) electrons. The largest absolute Gasteiger partial charge is 0.461 e. The maximum Gasteiger partial charge on any atom is 0.354 e. The Balaban J connectivity index is 1.75. The monoisotopic (exact) mass is 405 g/mol. The molecule has 8 heteroatoms. The van der Waals surface area contributed by atoms with Gasteiger partial charge in [-0.1, -0.05) is 12.1 Å². The van der Waals surface area contributed by atoms with Crippen molar-refractivity contribution in [2.45, 2.75) is 25.7 Å². The normalized spacial score (nSPS) is 15.6. The van der Waals surface area contributed by atoms with Crippen LogP contribution in [0.1, 0.15) is 28.5 Å². The third-order valence-corrected chi connectivity index (χ3v) is 6.91. The SMILES string of the molecule is CCOC(=O)c1cc(S(=O)(=O)N2CCN(c3cc(C)ccc3C)CC2)cn1C. The van der Waals surface area contributed by atoms with Gasteiger partial charge in [-0.15, -0.1) is 0 Å². The van der Waals surface area contributed by atoms with Gasteiger partial charge in [-0.3, -0.25) is 0 Å². The highest BCUT2D eigenvalue weighted by atomic mass is 32.2. The zero-order valence-electron chi connectivity index (χ0n) is 16.8. The molecule has 2 heterocycles. The molecular formula is C20H27N3O4S. The molecule has 1 aromatic heterocycles. The second-order valence-electron chi connectivity index (χ2n) is 7.07. The summed E-state index contributed by atoms with van der Waals surface area (Å²) in [5.41, 5.74) is 3.76. The molecule has 0 amide bonds. The van der Waals surface area contributed by atoms with E-state index in [4.69, 9.17) is 4.74 Å². The van der Waals surface area contributed by atoms with Crippen molar-refractivity contribution in [2.24, 2.45) is 7.05 Å². The number of nitrogens with zero attached hydrogens (tertiary/aromatic N) is 3. The predicted octanol–water partition coefficient (Wildman–Crippen LogP) is 2.33. The molecule has 2 aromatic rings. The van der Waals surface area contributed by atoms with E-state index >= 15 is 0 Å². The number of aromatic nitrogens is 1. The molecule has 0 unspecified atom stereocenters. The first-order valence-corrected chi connectivity index (χ1v) is 10.8. The molecule has 3 rings (SSSR count). The Morgan fingerprint density at radius 2 is 1.79 bits per heavy atom. The zero-order chi connectivity index (χ0) is 20.5. The van der Waals surface area contributed by atoms with Crippen molar-refractivity contribution in [3.8, 4) is 0 Å². The quantitative estimate of drug-likeness (QED) is 0.714. The Labute approximate surface area is 166 Å². The molecule has 0 saturated carbocycles. The minimum Gasteiger partial charge on any atom is -0.461 e. The van der Waals surface area contributed by atoms with Crippen LogP contribution in [0.15, 0.2) is 35.4 Å². The van der Waals surface area contributed by atoms with Crippen LogP contribution in [-0.4, -0.2) is 56.0 Å². The number of piperazine rings is 1. The zero-order valence-corrected chi connectivity index (χ0v) is 17.6. The molecule has 152 valence electrons. The van der Waals surface area contributed by atoms with Crippen molar-refractivity contribution in [2.75, 3.05) is 37.7 Å². The highest BCUT2D eigenvalue weighted by Crippen LogP contribution is 2.25. The number of esters is 1. The van der Waals surface area contributed by atoms with Gasteiger partial charge in [0.2, 0.25) is 10.0 Å². The number of ether oxygens (including phenoxy) is 1. The Bertz CT molecular complexity index is 973. The molecule has 7 nitrogen and oxygen atoms in total. The van der Waals surface area contributed by atoms with Crippen LogP contribution in [0, 0.1) is 13.8 Å². The summed E-state index contributed by atoms with van der Waals surface area (Å²) in [7, 11) is -2.02. The van der Waals surface area contributed by atoms with Gasteiger partial charge in [0, 0.05) is 45.1 Å². The lowest BCUT2D eigenvalue weighted by Crippen LogP contribution is -2.48. The lowest BCUT2D eigenvalue weighted by molar-refractivity contribution is 0.0515.